The number of nitrogens with zero attached hydrogens (tertiary/aromatic N) is 6. The molecule has 0 bridgehead atoms. The zero-order valence-corrected chi connectivity index (χ0v) is 18.1. The van der Waals surface area contributed by atoms with Crippen molar-refractivity contribution in [3.05, 3.63) is 68.7 Å². The third-order valence-corrected chi connectivity index (χ3v) is 5.21. The van der Waals surface area contributed by atoms with Gasteiger partial charge < -0.3 is 16.8 Å². The predicted octanol–water partition coefficient (Wildman–Crippen LogP) is 2.36. The van der Waals surface area contributed by atoms with E-state index in [0.717, 1.165) is 6.20 Å². The van der Waals surface area contributed by atoms with E-state index in [2.05, 4.69) is 25.3 Å². The van der Waals surface area contributed by atoms with Gasteiger partial charge in [0.25, 0.3) is 5.56 Å². The van der Waals surface area contributed by atoms with Crippen LogP contribution in [0.3, 0.4) is 0 Å². The molecular weight excluding hydrogens is 449 g/mol. The molecule has 5 N–H and O–H groups in total. The fraction of sp³-hybridized carbons (Fsp3) is 0.143. The van der Waals surface area contributed by atoms with Crippen molar-refractivity contribution in [2.45, 2.75) is 13.3 Å². The maximum absolute atomic E-state index is 14.0. The smallest absolute Gasteiger partial charge is 0.267 e. The standard InChI is InChI=1S/C21H17ClFN9O/c1-10-15(7-11(23)9-28-10)32-16(29-14-4-2-3-13(22)17(14)20(32)33)5-6-27-19-12(8-24)18(25)30-21(26)31-19/h2-4,7,9H,5-6H2,1H3,(H5,25,26,27,30,31). The molecule has 1 aromatic carbocycles. The molecular formula is C21H17ClFN9O. The van der Waals surface area contributed by atoms with E-state index in [0.29, 0.717) is 17.0 Å². The number of hydrogen-bond donors (Lipinski definition) is 3. The average Bonchev–Trinajstić information content (AvgIpc) is 2.75. The molecule has 0 saturated heterocycles. The van der Waals surface area contributed by atoms with E-state index in [1.54, 1.807) is 25.1 Å². The van der Waals surface area contributed by atoms with Crippen LogP contribution in [0.1, 0.15) is 17.1 Å². The van der Waals surface area contributed by atoms with Gasteiger partial charge in [-0.3, -0.25) is 14.3 Å². The second kappa shape index (κ2) is 8.68. The Morgan fingerprint density at radius 2 is 2.06 bits per heavy atom. The highest BCUT2D eigenvalue weighted by atomic mass is 35.5. The summed E-state index contributed by atoms with van der Waals surface area (Å²) < 4.78 is 15.3. The third-order valence-electron chi connectivity index (χ3n) is 4.89. The van der Waals surface area contributed by atoms with Crippen LogP contribution >= 0.6 is 11.6 Å². The summed E-state index contributed by atoms with van der Waals surface area (Å²) in [5, 5.41) is 12.7. The first-order valence-corrected chi connectivity index (χ1v) is 10.1. The van der Waals surface area contributed by atoms with Gasteiger partial charge in [0, 0.05) is 19.0 Å². The van der Waals surface area contributed by atoms with E-state index < -0.39 is 11.4 Å². The summed E-state index contributed by atoms with van der Waals surface area (Å²) in [4.78, 5) is 29.8. The lowest BCUT2D eigenvalue weighted by Crippen LogP contribution is -2.26. The number of nitriles is 1. The van der Waals surface area contributed by atoms with Gasteiger partial charge in [0.2, 0.25) is 5.95 Å². The van der Waals surface area contributed by atoms with Crippen LogP contribution in [0, 0.1) is 24.1 Å². The first-order valence-electron chi connectivity index (χ1n) is 9.69. The molecule has 3 aromatic heterocycles. The van der Waals surface area contributed by atoms with Crippen LogP contribution in [0.4, 0.5) is 22.0 Å². The van der Waals surface area contributed by atoms with Crippen LogP contribution in [-0.2, 0) is 6.42 Å². The lowest BCUT2D eigenvalue weighted by Gasteiger charge is -2.16. The van der Waals surface area contributed by atoms with Crippen molar-refractivity contribution in [2.75, 3.05) is 23.3 Å². The molecule has 166 valence electrons. The van der Waals surface area contributed by atoms with Crippen molar-refractivity contribution in [1.82, 2.24) is 24.5 Å². The van der Waals surface area contributed by atoms with Gasteiger partial charge in [-0.25, -0.2) is 9.37 Å². The fourth-order valence-corrected chi connectivity index (χ4v) is 3.65. The Hall–Kier alpha value is -4.30. The second-order valence-corrected chi connectivity index (χ2v) is 7.45. The number of pyridine rings is 1. The van der Waals surface area contributed by atoms with E-state index in [9.17, 15) is 14.4 Å². The van der Waals surface area contributed by atoms with E-state index >= 15 is 0 Å². The van der Waals surface area contributed by atoms with Gasteiger partial charge in [-0.15, -0.1) is 0 Å². The molecule has 0 aliphatic carbocycles. The zero-order valence-electron chi connectivity index (χ0n) is 17.3. The Morgan fingerprint density at radius 3 is 2.82 bits per heavy atom. The molecule has 3 heterocycles. The highest BCUT2D eigenvalue weighted by molar-refractivity contribution is 6.35. The first kappa shape index (κ1) is 21.9. The van der Waals surface area contributed by atoms with Gasteiger partial charge >= 0.3 is 0 Å². The Labute approximate surface area is 191 Å². The SMILES string of the molecule is Cc1ncc(F)cc1-n1c(CCNc2nc(N)nc(N)c2C#N)nc2cccc(Cl)c2c1=O. The predicted molar refractivity (Wildman–Crippen MR) is 123 cm³/mol. The summed E-state index contributed by atoms with van der Waals surface area (Å²) in [6, 6.07) is 8.08. The minimum Gasteiger partial charge on any atom is -0.382 e. The summed E-state index contributed by atoms with van der Waals surface area (Å²) in [5.74, 6) is -0.262. The maximum Gasteiger partial charge on any atom is 0.267 e. The second-order valence-electron chi connectivity index (χ2n) is 7.04. The van der Waals surface area contributed by atoms with Crippen molar-refractivity contribution < 1.29 is 4.39 Å². The molecule has 0 spiro atoms. The molecule has 0 radical (unpaired) electrons. The monoisotopic (exact) mass is 465 g/mol. The van der Waals surface area contributed by atoms with Gasteiger partial charge in [-0.1, -0.05) is 17.7 Å². The van der Waals surface area contributed by atoms with Crippen molar-refractivity contribution >= 4 is 40.1 Å². The Bertz CT molecular complexity index is 1500. The molecule has 33 heavy (non-hydrogen) atoms. The topological polar surface area (TPSA) is 161 Å². The number of halogens is 2. The van der Waals surface area contributed by atoms with E-state index in [4.69, 9.17) is 23.1 Å². The third kappa shape index (κ3) is 4.11. The first-order chi connectivity index (χ1) is 15.8. The number of anilines is 3. The number of fused-ring (bicyclic) bond motifs is 1. The van der Waals surface area contributed by atoms with Crippen LogP contribution in [0.5, 0.6) is 0 Å². The van der Waals surface area contributed by atoms with Gasteiger partial charge in [0.1, 0.15) is 29.1 Å². The van der Waals surface area contributed by atoms with Gasteiger partial charge in [-0.05, 0) is 19.1 Å². The summed E-state index contributed by atoms with van der Waals surface area (Å²) in [6.45, 7) is 1.86. The van der Waals surface area contributed by atoms with Crippen molar-refractivity contribution in [3.8, 4) is 11.8 Å². The molecule has 0 atom stereocenters. The van der Waals surface area contributed by atoms with Crippen molar-refractivity contribution in [2.24, 2.45) is 0 Å². The lowest BCUT2D eigenvalue weighted by atomic mass is 10.2. The van der Waals surface area contributed by atoms with Crippen LogP contribution < -0.4 is 22.3 Å². The van der Waals surface area contributed by atoms with E-state index in [-0.39, 0.29) is 52.2 Å². The van der Waals surface area contributed by atoms with E-state index in [1.165, 1.54) is 10.6 Å². The highest BCUT2D eigenvalue weighted by Gasteiger charge is 2.18. The minimum absolute atomic E-state index is 0.0463. The maximum atomic E-state index is 14.0. The molecule has 12 heteroatoms. The molecule has 0 aliphatic heterocycles. The zero-order chi connectivity index (χ0) is 23.7. The summed E-state index contributed by atoms with van der Waals surface area (Å²) in [5.41, 5.74) is 12.0. The molecule has 0 aliphatic rings. The lowest BCUT2D eigenvalue weighted by molar-refractivity contribution is 0.617. The van der Waals surface area contributed by atoms with Crippen molar-refractivity contribution in [1.29, 1.82) is 5.26 Å². The number of benzene rings is 1. The Kier molecular flexibility index (Phi) is 5.76. The van der Waals surface area contributed by atoms with Crippen LogP contribution in [0.15, 0.2) is 35.3 Å². The normalized spacial score (nSPS) is 10.8. The van der Waals surface area contributed by atoms with Crippen LogP contribution in [0.25, 0.3) is 16.6 Å². The molecule has 0 unspecified atom stereocenters. The quantitative estimate of drug-likeness (QED) is 0.401. The molecule has 0 amide bonds. The van der Waals surface area contributed by atoms with Gasteiger partial charge in [-0.2, -0.15) is 15.2 Å². The highest BCUT2D eigenvalue weighted by Crippen LogP contribution is 2.22. The average molecular weight is 466 g/mol. The van der Waals surface area contributed by atoms with Crippen LogP contribution in [0.2, 0.25) is 5.02 Å². The fourth-order valence-electron chi connectivity index (χ4n) is 3.40. The number of aromatic nitrogens is 5. The van der Waals surface area contributed by atoms with Gasteiger partial charge in [0.15, 0.2) is 5.82 Å². The van der Waals surface area contributed by atoms with Crippen LogP contribution in [-0.4, -0.2) is 31.0 Å². The number of nitrogens with two attached hydrogens (primary N) is 2. The number of nitrogen functional groups attached to an aromatic ring is 2. The number of hydrogen-bond acceptors (Lipinski definition) is 9. The Balaban J connectivity index is 1.80. The largest absolute Gasteiger partial charge is 0.382 e. The minimum atomic E-state index is -0.601. The summed E-state index contributed by atoms with van der Waals surface area (Å²) in [7, 11) is 0. The molecule has 0 fully saturated rings. The molecule has 4 aromatic rings. The Morgan fingerprint density at radius 1 is 1.27 bits per heavy atom. The molecule has 4 rings (SSSR count). The molecule has 10 nitrogen and oxygen atoms in total. The number of nitrogens with one attached hydrogen (secondary N) is 1. The summed E-state index contributed by atoms with van der Waals surface area (Å²) >= 11 is 6.27. The van der Waals surface area contributed by atoms with E-state index in [1.807, 2.05) is 6.07 Å². The summed E-state index contributed by atoms with van der Waals surface area (Å²) in [6.07, 6.45) is 1.27. The van der Waals surface area contributed by atoms with Crippen molar-refractivity contribution in [3.63, 3.8) is 0 Å². The molecule has 0 saturated carbocycles. The van der Waals surface area contributed by atoms with Gasteiger partial charge in [0.05, 0.1) is 33.5 Å². The number of rotatable bonds is 5. The number of aryl methyl sites for hydroxylation is 1.